The monoisotopic (exact) mass is 544 g/mol. The Morgan fingerprint density at radius 2 is 1.44 bits per heavy atom. The van der Waals surface area contributed by atoms with Crippen molar-refractivity contribution < 1.29 is 9.59 Å². The second kappa shape index (κ2) is 12.1. The molecular formula is C34H32N4O3. The fourth-order valence-electron chi connectivity index (χ4n) is 5.18. The van der Waals surface area contributed by atoms with Crippen LogP contribution in [0.2, 0.25) is 0 Å². The number of amides is 1. The molecule has 5 rings (SSSR count). The van der Waals surface area contributed by atoms with Crippen molar-refractivity contribution in [3.63, 3.8) is 0 Å². The van der Waals surface area contributed by atoms with E-state index in [1.807, 2.05) is 92.0 Å². The van der Waals surface area contributed by atoms with Crippen LogP contribution in [0, 0.1) is 0 Å². The number of nitrogens with one attached hydrogen (secondary N) is 1. The van der Waals surface area contributed by atoms with Gasteiger partial charge in [0.1, 0.15) is 0 Å². The third-order valence-corrected chi connectivity index (χ3v) is 7.00. The Labute approximate surface area is 239 Å². The van der Waals surface area contributed by atoms with Crippen LogP contribution in [0.25, 0.3) is 21.9 Å². The summed E-state index contributed by atoms with van der Waals surface area (Å²) in [5.74, 6) is -0.574. The SMILES string of the molecule is CC(=O)Nc1ccc(-c2ccc3c(Cc4ccccc4)nn(C(C)=O)c(=O)c3c2CN(C)Cc2ccccc2)cc1. The van der Waals surface area contributed by atoms with E-state index in [4.69, 9.17) is 0 Å². The van der Waals surface area contributed by atoms with Crippen LogP contribution in [-0.4, -0.2) is 33.5 Å². The van der Waals surface area contributed by atoms with Crippen LogP contribution in [-0.2, 0) is 24.3 Å². The van der Waals surface area contributed by atoms with E-state index in [1.165, 1.54) is 13.8 Å². The minimum Gasteiger partial charge on any atom is -0.326 e. The summed E-state index contributed by atoms with van der Waals surface area (Å²) in [4.78, 5) is 40.2. The summed E-state index contributed by atoms with van der Waals surface area (Å²) in [6.07, 6.45) is 0.481. The maximum Gasteiger partial charge on any atom is 0.282 e. The molecule has 0 aliphatic heterocycles. The third kappa shape index (κ3) is 6.31. The average Bonchev–Trinajstić information content (AvgIpc) is 2.95. The minimum atomic E-state index is -0.431. The Morgan fingerprint density at radius 1 is 0.805 bits per heavy atom. The Hall–Kier alpha value is -4.88. The van der Waals surface area contributed by atoms with Crippen molar-refractivity contribution in [2.45, 2.75) is 33.4 Å². The molecule has 0 saturated carbocycles. The van der Waals surface area contributed by atoms with E-state index in [-0.39, 0.29) is 5.91 Å². The van der Waals surface area contributed by atoms with Gasteiger partial charge in [0.25, 0.3) is 5.56 Å². The van der Waals surface area contributed by atoms with Crippen molar-refractivity contribution in [2.24, 2.45) is 0 Å². The van der Waals surface area contributed by atoms with E-state index >= 15 is 0 Å². The standard InChI is InChI=1S/C34H32N4O3/c1-23(39)35-28-16-14-27(15-17-28)29-18-19-30-32(20-25-10-6-4-7-11-25)36-38(24(2)40)34(41)33(30)31(29)22-37(3)21-26-12-8-5-9-13-26/h4-19H,20-22H2,1-3H3,(H,35,39). The van der Waals surface area contributed by atoms with Gasteiger partial charge in [-0.05, 0) is 47.0 Å². The van der Waals surface area contributed by atoms with Gasteiger partial charge < -0.3 is 5.32 Å². The van der Waals surface area contributed by atoms with Crippen molar-refractivity contribution in [1.82, 2.24) is 14.7 Å². The molecule has 0 radical (unpaired) electrons. The van der Waals surface area contributed by atoms with Gasteiger partial charge in [-0.3, -0.25) is 19.3 Å². The lowest BCUT2D eigenvalue weighted by Crippen LogP contribution is -2.30. The molecule has 41 heavy (non-hydrogen) atoms. The first-order valence-electron chi connectivity index (χ1n) is 13.5. The first-order valence-corrected chi connectivity index (χ1v) is 13.5. The minimum absolute atomic E-state index is 0.144. The highest BCUT2D eigenvalue weighted by molar-refractivity contribution is 5.94. The number of nitrogens with zero attached hydrogens (tertiary/aromatic N) is 3. The lowest BCUT2D eigenvalue weighted by Gasteiger charge is -2.22. The molecule has 7 heteroatoms. The van der Waals surface area contributed by atoms with Crippen LogP contribution in [0.1, 0.15) is 41.0 Å². The van der Waals surface area contributed by atoms with E-state index in [2.05, 4.69) is 27.4 Å². The number of carbonyl (C=O) groups excluding carboxylic acids is 2. The van der Waals surface area contributed by atoms with Crippen LogP contribution in [0.4, 0.5) is 5.69 Å². The fourth-order valence-corrected chi connectivity index (χ4v) is 5.18. The molecule has 1 amide bonds. The van der Waals surface area contributed by atoms with Gasteiger partial charge in [-0.2, -0.15) is 9.78 Å². The van der Waals surface area contributed by atoms with E-state index in [0.717, 1.165) is 37.9 Å². The summed E-state index contributed by atoms with van der Waals surface area (Å²) in [5, 5.41) is 8.55. The maximum absolute atomic E-state index is 13.9. The highest BCUT2D eigenvalue weighted by Crippen LogP contribution is 2.32. The lowest BCUT2D eigenvalue weighted by molar-refractivity contribution is -0.114. The van der Waals surface area contributed by atoms with Gasteiger partial charge >= 0.3 is 0 Å². The van der Waals surface area contributed by atoms with Gasteiger partial charge in [-0.1, -0.05) is 84.9 Å². The molecule has 0 aliphatic rings. The molecule has 0 saturated heterocycles. The quantitative estimate of drug-likeness (QED) is 0.263. The van der Waals surface area contributed by atoms with Crippen LogP contribution in [0.3, 0.4) is 0 Å². The van der Waals surface area contributed by atoms with Crippen LogP contribution in [0.5, 0.6) is 0 Å². The number of carbonyl (C=O) groups is 2. The van der Waals surface area contributed by atoms with E-state index in [1.54, 1.807) is 0 Å². The summed E-state index contributed by atoms with van der Waals surface area (Å²) in [5.41, 5.74) is 5.74. The summed E-state index contributed by atoms with van der Waals surface area (Å²) < 4.78 is 0.991. The Morgan fingerprint density at radius 3 is 2.05 bits per heavy atom. The fraction of sp³-hybridized carbons (Fsp3) is 0.176. The number of hydrogen-bond donors (Lipinski definition) is 1. The van der Waals surface area contributed by atoms with Gasteiger partial charge in [0.05, 0.1) is 11.1 Å². The molecule has 0 fully saturated rings. The van der Waals surface area contributed by atoms with E-state index in [9.17, 15) is 14.4 Å². The van der Waals surface area contributed by atoms with Gasteiger partial charge in [0, 0.05) is 44.4 Å². The molecule has 4 aromatic carbocycles. The Bertz CT molecular complexity index is 1760. The van der Waals surface area contributed by atoms with E-state index < -0.39 is 11.5 Å². The van der Waals surface area contributed by atoms with Gasteiger partial charge in [0.15, 0.2) is 0 Å². The number of benzene rings is 4. The molecular weight excluding hydrogens is 512 g/mol. The molecule has 1 heterocycles. The van der Waals surface area contributed by atoms with Gasteiger partial charge in [-0.15, -0.1) is 0 Å². The molecule has 0 atom stereocenters. The van der Waals surface area contributed by atoms with Crippen molar-refractivity contribution >= 4 is 28.3 Å². The summed E-state index contributed by atoms with van der Waals surface area (Å²) in [6.45, 7) is 3.98. The largest absolute Gasteiger partial charge is 0.326 e. The molecule has 1 N–H and O–H groups in total. The Balaban J connectivity index is 1.70. The zero-order chi connectivity index (χ0) is 28.9. The molecule has 5 aromatic rings. The van der Waals surface area contributed by atoms with Crippen molar-refractivity contribution in [3.05, 3.63) is 130 Å². The lowest BCUT2D eigenvalue weighted by atomic mass is 9.92. The highest BCUT2D eigenvalue weighted by Gasteiger charge is 2.21. The summed E-state index contributed by atoms with van der Waals surface area (Å²) >= 11 is 0. The molecule has 0 unspecified atom stereocenters. The molecule has 0 spiro atoms. The number of anilines is 1. The van der Waals surface area contributed by atoms with Crippen LogP contribution >= 0.6 is 0 Å². The maximum atomic E-state index is 13.9. The van der Waals surface area contributed by atoms with E-state index in [0.29, 0.717) is 36.3 Å². The van der Waals surface area contributed by atoms with Crippen molar-refractivity contribution in [1.29, 1.82) is 0 Å². The summed E-state index contributed by atoms with van der Waals surface area (Å²) in [6, 6.07) is 31.6. The smallest absolute Gasteiger partial charge is 0.282 e. The van der Waals surface area contributed by atoms with Gasteiger partial charge in [0.2, 0.25) is 11.8 Å². The van der Waals surface area contributed by atoms with Crippen molar-refractivity contribution in [2.75, 3.05) is 12.4 Å². The molecule has 1 aromatic heterocycles. The highest BCUT2D eigenvalue weighted by atomic mass is 16.2. The third-order valence-electron chi connectivity index (χ3n) is 7.00. The zero-order valence-electron chi connectivity index (χ0n) is 23.4. The molecule has 0 bridgehead atoms. The number of aromatic nitrogens is 2. The second-order valence-corrected chi connectivity index (χ2v) is 10.3. The first-order chi connectivity index (χ1) is 19.8. The average molecular weight is 545 g/mol. The topological polar surface area (TPSA) is 84.3 Å². The number of fused-ring (bicyclic) bond motifs is 1. The zero-order valence-corrected chi connectivity index (χ0v) is 23.4. The second-order valence-electron chi connectivity index (χ2n) is 10.3. The molecule has 0 aliphatic carbocycles. The number of hydrogen-bond acceptors (Lipinski definition) is 5. The van der Waals surface area contributed by atoms with Crippen LogP contribution in [0.15, 0.2) is 102 Å². The predicted molar refractivity (Wildman–Crippen MR) is 163 cm³/mol. The number of rotatable bonds is 8. The molecule has 7 nitrogen and oxygen atoms in total. The Kier molecular flexibility index (Phi) is 8.17. The summed E-state index contributed by atoms with van der Waals surface area (Å²) in [7, 11) is 2.02. The normalized spacial score (nSPS) is 11.1. The predicted octanol–water partition coefficient (Wildman–Crippen LogP) is 5.90. The molecule has 206 valence electrons. The van der Waals surface area contributed by atoms with Gasteiger partial charge in [-0.25, -0.2) is 0 Å². The van der Waals surface area contributed by atoms with Crippen molar-refractivity contribution in [3.8, 4) is 11.1 Å². The van der Waals surface area contributed by atoms with Crippen LogP contribution < -0.4 is 10.9 Å². The first kappa shape index (κ1) is 27.7.